The number of amides is 2. The molecule has 0 bridgehead atoms. The van der Waals surface area contributed by atoms with Gasteiger partial charge in [-0.05, 0) is 53.3 Å². The van der Waals surface area contributed by atoms with Gasteiger partial charge >= 0.3 is 0 Å². The van der Waals surface area contributed by atoms with Crippen LogP contribution >= 0.6 is 0 Å². The summed E-state index contributed by atoms with van der Waals surface area (Å²) >= 11 is 0. The quantitative estimate of drug-likeness (QED) is 0.262. The molecular formula is C29H27N5O4S. The molecule has 0 radical (unpaired) electrons. The molecular weight excluding hydrogens is 514 g/mol. The van der Waals surface area contributed by atoms with E-state index in [4.69, 9.17) is 0 Å². The molecule has 0 spiro atoms. The number of imidazole rings is 1. The fourth-order valence-corrected chi connectivity index (χ4v) is 4.98. The minimum atomic E-state index is -3.30. The highest BCUT2D eigenvalue weighted by molar-refractivity contribution is 7.90. The number of anilines is 1. The number of aromatic nitrogens is 3. The lowest BCUT2D eigenvalue weighted by Gasteiger charge is -2.09. The number of sulfone groups is 1. The van der Waals surface area contributed by atoms with Gasteiger partial charge < -0.3 is 10.3 Å². The second kappa shape index (κ2) is 10.7. The number of nitrogens with zero attached hydrogens (tertiary/aromatic N) is 2. The Morgan fingerprint density at radius 3 is 2.38 bits per heavy atom. The van der Waals surface area contributed by atoms with Crippen LogP contribution in [0.5, 0.6) is 0 Å². The first kappa shape index (κ1) is 26.1. The SMILES string of the molecule is CCCc1cc(C(=O)NCc2ccc(S(C)(=O)=O)cc2)c2nc(NC(=O)c3cc4ccccc4cn3)[nH]c2c1. The highest BCUT2D eigenvalue weighted by Crippen LogP contribution is 2.23. The Morgan fingerprint density at radius 1 is 0.923 bits per heavy atom. The molecule has 9 nitrogen and oxygen atoms in total. The zero-order valence-corrected chi connectivity index (χ0v) is 22.3. The summed E-state index contributed by atoms with van der Waals surface area (Å²) in [5.74, 6) is -0.535. The topological polar surface area (TPSA) is 134 Å². The van der Waals surface area contributed by atoms with Crippen LogP contribution in [0.25, 0.3) is 21.8 Å². The van der Waals surface area contributed by atoms with Gasteiger partial charge in [0.1, 0.15) is 11.2 Å². The summed E-state index contributed by atoms with van der Waals surface area (Å²) in [5, 5.41) is 7.48. The number of fused-ring (bicyclic) bond motifs is 2. The number of hydrogen-bond donors (Lipinski definition) is 3. The van der Waals surface area contributed by atoms with E-state index < -0.39 is 15.7 Å². The number of aromatic amines is 1. The van der Waals surface area contributed by atoms with Crippen molar-refractivity contribution in [1.29, 1.82) is 0 Å². The van der Waals surface area contributed by atoms with E-state index in [0.717, 1.165) is 41.0 Å². The van der Waals surface area contributed by atoms with Gasteiger partial charge in [0.25, 0.3) is 11.8 Å². The second-order valence-electron chi connectivity index (χ2n) is 9.34. The lowest BCUT2D eigenvalue weighted by molar-refractivity contribution is 0.0951. The Hall–Kier alpha value is -4.57. The van der Waals surface area contributed by atoms with Gasteiger partial charge in [0.2, 0.25) is 5.95 Å². The van der Waals surface area contributed by atoms with E-state index >= 15 is 0 Å². The van der Waals surface area contributed by atoms with Gasteiger partial charge in [0.05, 0.1) is 16.0 Å². The second-order valence-corrected chi connectivity index (χ2v) is 11.4. The molecule has 3 aromatic carbocycles. The molecule has 3 N–H and O–H groups in total. The van der Waals surface area contributed by atoms with Crippen molar-refractivity contribution >= 4 is 49.4 Å². The van der Waals surface area contributed by atoms with E-state index in [1.54, 1.807) is 24.4 Å². The average Bonchev–Trinajstić information content (AvgIpc) is 3.33. The first-order chi connectivity index (χ1) is 18.7. The molecule has 0 saturated heterocycles. The van der Waals surface area contributed by atoms with Gasteiger partial charge in [-0.2, -0.15) is 0 Å². The molecule has 2 heterocycles. The summed E-state index contributed by atoms with van der Waals surface area (Å²) < 4.78 is 23.4. The highest BCUT2D eigenvalue weighted by Gasteiger charge is 2.18. The molecule has 0 aliphatic heterocycles. The van der Waals surface area contributed by atoms with Gasteiger partial charge in [0, 0.05) is 24.4 Å². The Bertz CT molecular complexity index is 1810. The van der Waals surface area contributed by atoms with Crippen molar-refractivity contribution < 1.29 is 18.0 Å². The molecule has 2 amide bonds. The fourth-order valence-electron chi connectivity index (χ4n) is 4.35. The molecule has 39 heavy (non-hydrogen) atoms. The van der Waals surface area contributed by atoms with Crippen LogP contribution in [0.1, 0.15) is 45.3 Å². The van der Waals surface area contributed by atoms with Gasteiger partial charge in [-0.1, -0.05) is 49.7 Å². The molecule has 0 aliphatic rings. The van der Waals surface area contributed by atoms with Crippen LogP contribution in [-0.4, -0.2) is 41.4 Å². The van der Waals surface area contributed by atoms with E-state index in [0.29, 0.717) is 16.6 Å². The molecule has 198 valence electrons. The number of H-pyrrole nitrogens is 1. The van der Waals surface area contributed by atoms with Crippen LogP contribution in [0.4, 0.5) is 5.95 Å². The Morgan fingerprint density at radius 2 is 1.67 bits per heavy atom. The van der Waals surface area contributed by atoms with Crippen LogP contribution in [-0.2, 0) is 22.8 Å². The number of carbonyl (C=O) groups is 2. The third kappa shape index (κ3) is 5.80. The molecule has 0 atom stereocenters. The summed E-state index contributed by atoms with van der Waals surface area (Å²) in [4.78, 5) is 38.3. The molecule has 0 aliphatic carbocycles. The minimum absolute atomic E-state index is 0.212. The predicted octanol–water partition coefficient (Wildman–Crippen LogP) is 4.65. The zero-order valence-electron chi connectivity index (χ0n) is 21.5. The Labute approximate surface area is 225 Å². The van der Waals surface area contributed by atoms with Gasteiger partial charge in [-0.15, -0.1) is 0 Å². The minimum Gasteiger partial charge on any atom is -0.348 e. The summed E-state index contributed by atoms with van der Waals surface area (Å²) in [6, 6.07) is 19.5. The third-order valence-corrected chi connectivity index (χ3v) is 7.46. The number of aryl methyl sites for hydroxylation is 1. The maximum atomic E-state index is 13.2. The maximum Gasteiger partial charge on any atom is 0.276 e. The fraction of sp³-hybridized carbons (Fsp3) is 0.172. The van der Waals surface area contributed by atoms with Crippen molar-refractivity contribution in [3.8, 4) is 0 Å². The number of carbonyl (C=O) groups excluding carboxylic acids is 2. The van der Waals surface area contributed by atoms with Crippen molar-refractivity contribution in [2.24, 2.45) is 0 Å². The van der Waals surface area contributed by atoms with Gasteiger partial charge in [0.15, 0.2) is 9.84 Å². The van der Waals surface area contributed by atoms with Crippen molar-refractivity contribution in [3.63, 3.8) is 0 Å². The van der Waals surface area contributed by atoms with Crippen molar-refractivity contribution in [2.75, 3.05) is 11.6 Å². The first-order valence-electron chi connectivity index (χ1n) is 12.5. The molecule has 5 aromatic rings. The summed E-state index contributed by atoms with van der Waals surface area (Å²) in [5.41, 5.74) is 3.41. The van der Waals surface area contributed by atoms with Crippen molar-refractivity contribution in [1.82, 2.24) is 20.3 Å². The molecule has 10 heteroatoms. The largest absolute Gasteiger partial charge is 0.348 e. The smallest absolute Gasteiger partial charge is 0.276 e. The van der Waals surface area contributed by atoms with Crippen LogP contribution in [0.2, 0.25) is 0 Å². The van der Waals surface area contributed by atoms with Crippen molar-refractivity contribution in [2.45, 2.75) is 31.2 Å². The van der Waals surface area contributed by atoms with Gasteiger partial charge in [-0.25, -0.2) is 13.4 Å². The number of rotatable bonds is 8. The number of pyridine rings is 1. The number of benzene rings is 3. The van der Waals surface area contributed by atoms with Gasteiger partial charge in [-0.3, -0.25) is 19.9 Å². The number of hydrogen-bond acceptors (Lipinski definition) is 6. The van der Waals surface area contributed by atoms with Crippen LogP contribution < -0.4 is 10.6 Å². The summed E-state index contributed by atoms with van der Waals surface area (Å²) in [6.07, 6.45) is 4.46. The van der Waals surface area contributed by atoms with E-state index in [9.17, 15) is 18.0 Å². The molecule has 0 saturated carbocycles. The van der Waals surface area contributed by atoms with Crippen LogP contribution in [0, 0.1) is 0 Å². The lowest BCUT2D eigenvalue weighted by atomic mass is 10.0. The maximum absolute atomic E-state index is 13.2. The first-order valence-corrected chi connectivity index (χ1v) is 14.4. The number of nitrogens with one attached hydrogen (secondary N) is 3. The van der Waals surface area contributed by atoms with E-state index in [-0.39, 0.29) is 29.0 Å². The molecule has 5 rings (SSSR count). The van der Waals surface area contributed by atoms with E-state index in [1.807, 2.05) is 36.4 Å². The normalized spacial score (nSPS) is 11.5. The zero-order chi connectivity index (χ0) is 27.6. The Balaban J connectivity index is 1.38. The van der Waals surface area contributed by atoms with Crippen molar-refractivity contribution in [3.05, 3.63) is 95.3 Å². The molecule has 2 aromatic heterocycles. The third-order valence-electron chi connectivity index (χ3n) is 6.33. The van der Waals surface area contributed by atoms with Crippen LogP contribution in [0.3, 0.4) is 0 Å². The molecule has 0 fully saturated rings. The summed E-state index contributed by atoms with van der Waals surface area (Å²) in [7, 11) is -3.30. The summed E-state index contributed by atoms with van der Waals surface area (Å²) in [6.45, 7) is 2.27. The van der Waals surface area contributed by atoms with E-state index in [2.05, 4.69) is 32.5 Å². The lowest BCUT2D eigenvalue weighted by Crippen LogP contribution is -2.23. The standard InChI is InChI=1S/C29H27N5O4S/c1-3-6-19-13-23(27(35)31-16-18-9-11-22(12-10-18)39(2,37)38)26-24(14-19)32-29(33-26)34-28(36)25-15-20-7-4-5-8-21(20)17-30-25/h4-5,7-15,17H,3,6,16H2,1-2H3,(H,31,35)(H2,32,33,34,36). The average molecular weight is 542 g/mol. The monoisotopic (exact) mass is 541 g/mol. The highest BCUT2D eigenvalue weighted by atomic mass is 32.2. The molecule has 0 unspecified atom stereocenters. The predicted molar refractivity (Wildman–Crippen MR) is 151 cm³/mol. The Kier molecular flexibility index (Phi) is 7.12. The van der Waals surface area contributed by atoms with Crippen LogP contribution in [0.15, 0.2) is 77.8 Å². The van der Waals surface area contributed by atoms with E-state index in [1.165, 1.54) is 12.1 Å².